The van der Waals surface area contributed by atoms with Gasteiger partial charge < -0.3 is 10.2 Å². The fourth-order valence-corrected chi connectivity index (χ4v) is 4.78. The third-order valence-electron chi connectivity index (χ3n) is 5.21. The van der Waals surface area contributed by atoms with Crippen LogP contribution >= 0.6 is 11.6 Å². The van der Waals surface area contributed by atoms with Crippen LogP contribution in [0.5, 0.6) is 0 Å². The number of aryl methyl sites for hydroxylation is 2. The first kappa shape index (κ1) is 24.0. The Morgan fingerprint density at radius 3 is 2.66 bits per heavy atom. The van der Waals surface area contributed by atoms with Gasteiger partial charge in [0.1, 0.15) is 11.0 Å². The summed E-state index contributed by atoms with van der Waals surface area (Å²) in [7, 11) is -1.95. The van der Waals surface area contributed by atoms with Crippen LogP contribution in [0, 0.1) is 6.92 Å². The molecule has 0 atom stereocenters. The van der Waals surface area contributed by atoms with Crippen LogP contribution in [0.2, 0.25) is 5.15 Å². The Kier molecular flexibility index (Phi) is 7.73. The van der Waals surface area contributed by atoms with Crippen LogP contribution in [0.25, 0.3) is 6.08 Å². The molecule has 32 heavy (non-hydrogen) atoms. The van der Waals surface area contributed by atoms with Gasteiger partial charge in [0.2, 0.25) is 5.91 Å². The van der Waals surface area contributed by atoms with Gasteiger partial charge in [0.25, 0.3) is 10.0 Å². The number of amidine groups is 1. The second kappa shape index (κ2) is 10.3. The highest BCUT2D eigenvalue weighted by molar-refractivity contribution is 7.90. The Bertz CT molecular complexity index is 1140. The standard InChI is InChI=1S/C22H28ClN5O3S/c1-4-5-15-28-22(23)19(16(2)25-28)12-13-21(29)24-17-8-10-18(11-9-17)32(30,31)26-20-7-6-14-27(20)3/h8-13H,4-7,14-15H2,1-3H3,(H,24,29)/b13-12+,26-20?. The van der Waals surface area contributed by atoms with Crippen LogP contribution in [-0.2, 0) is 21.4 Å². The molecule has 1 N–H and O–H groups in total. The molecule has 0 spiro atoms. The van der Waals surface area contributed by atoms with Crippen molar-refractivity contribution in [2.24, 2.45) is 4.40 Å². The molecule has 0 aliphatic carbocycles. The number of unbranched alkanes of at least 4 members (excludes halogenated alkanes) is 1. The highest BCUT2D eigenvalue weighted by atomic mass is 35.5. The number of nitrogens with zero attached hydrogens (tertiary/aromatic N) is 4. The van der Waals surface area contributed by atoms with E-state index in [4.69, 9.17) is 11.6 Å². The number of sulfonamides is 1. The molecular formula is C22H28ClN5O3S. The average molecular weight is 478 g/mol. The summed E-state index contributed by atoms with van der Waals surface area (Å²) in [5.74, 6) is 0.213. The van der Waals surface area contributed by atoms with Gasteiger partial charge in [-0.25, -0.2) is 0 Å². The Morgan fingerprint density at radius 1 is 1.31 bits per heavy atom. The number of carbonyl (C=O) groups is 1. The number of halogens is 1. The first-order chi connectivity index (χ1) is 15.2. The monoisotopic (exact) mass is 477 g/mol. The van der Waals surface area contributed by atoms with Gasteiger partial charge in [0.15, 0.2) is 0 Å². The summed E-state index contributed by atoms with van der Waals surface area (Å²) in [6, 6.07) is 5.95. The molecule has 0 radical (unpaired) electrons. The lowest BCUT2D eigenvalue weighted by Crippen LogP contribution is -2.20. The minimum Gasteiger partial charge on any atom is -0.362 e. The molecule has 0 saturated carbocycles. The lowest BCUT2D eigenvalue weighted by Gasteiger charge is -2.11. The first-order valence-electron chi connectivity index (χ1n) is 10.6. The number of hydrogen-bond acceptors (Lipinski definition) is 4. The Hall–Kier alpha value is -2.65. The molecule has 172 valence electrons. The van der Waals surface area contributed by atoms with E-state index in [0.29, 0.717) is 28.7 Å². The van der Waals surface area contributed by atoms with E-state index in [0.717, 1.165) is 38.0 Å². The highest BCUT2D eigenvalue weighted by Crippen LogP contribution is 2.22. The SMILES string of the molecule is CCCCn1nc(C)c(/C=C/C(=O)Nc2ccc(S(=O)(=O)N=C3CCCN3C)cc2)c1Cl. The van der Waals surface area contributed by atoms with Crippen LogP contribution in [0.4, 0.5) is 5.69 Å². The zero-order valence-electron chi connectivity index (χ0n) is 18.5. The first-order valence-corrected chi connectivity index (χ1v) is 12.4. The second-order valence-corrected chi connectivity index (χ2v) is 9.68. The fourth-order valence-electron chi connectivity index (χ4n) is 3.37. The van der Waals surface area contributed by atoms with Crippen molar-refractivity contribution in [3.05, 3.63) is 46.8 Å². The summed E-state index contributed by atoms with van der Waals surface area (Å²) in [6.45, 7) is 5.47. The van der Waals surface area contributed by atoms with Crippen molar-refractivity contribution in [2.75, 3.05) is 18.9 Å². The van der Waals surface area contributed by atoms with Crippen molar-refractivity contribution < 1.29 is 13.2 Å². The minimum absolute atomic E-state index is 0.0840. The van der Waals surface area contributed by atoms with Gasteiger partial charge in [-0.1, -0.05) is 24.9 Å². The number of likely N-dealkylation sites (tertiary alicyclic amines) is 1. The number of nitrogens with one attached hydrogen (secondary N) is 1. The van der Waals surface area contributed by atoms with Crippen molar-refractivity contribution in [2.45, 2.75) is 51.0 Å². The summed E-state index contributed by atoms with van der Waals surface area (Å²) in [5, 5.41) is 7.63. The predicted octanol–water partition coefficient (Wildman–Crippen LogP) is 4.11. The molecular weight excluding hydrogens is 450 g/mol. The number of anilines is 1. The lowest BCUT2D eigenvalue weighted by atomic mass is 10.2. The maximum Gasteiger partial charge on any atom is 0.283 e. The van der Waals surface area contributed by atoms with Crippen LogP contribution in [-0.4, -0.2) is 48.4 Å². The molecule has 1 saturated heterocycles. The molecule has 1 amide bonds. The Labute approximate surface area is 194 Å². The minimum atomic E-state index is -3.79. The maximum absolute atomic E-state index is 12.5. The van der Waals surface area contributed by atoms with E-state index in [9.17, 15) is 13.2 Å². The molecule has 1 aromatic heterocycles. The van der Waals surface area contributed by atoms with Crippen LogP contribution in [0.1, 0.15) is 43.9 Å². The molecule has 0 bridgehead atoms. The maximum atomic E-state index is 12.5. The number of hydrogen-bond donors (Lipinski definition) is 1. The molecule has 1 aliphatic heterocycles. The number of rotatable bonds is 8. The summed E-state index contributed by atoms with van der Waals surface area (Å²) < 4.78 is 30.7. The molecule has 0 unspecified atom stereocenters. The van der Waals surface area contributed by atoms with Crippen LogP contribution in [0.3, 0.4) is 0 Å². The zero-order chi connectivity index (χ0) is 23.3. The van der Waals surface area contributed by atoms with Gasteiger partial charge in [-0.3, -0.25) is 9.48 Å². The lowest BCUT2D eigenvalue weighted by molar-refractivity contribution is -0.111. The van der Waals surface area contributed by atoms with Gasteiger partial charge in [0.05, 0.1) is 10.6 Å². The number of benzene rings is 1. The molecule has 2 aromatic rings. The average Bonchev–Trinajstić information content (AvgIpc) is 3.26. The number of amides is 1. The van der Waals surface area contributed by atoms with Gasteiger partial charge in [-0.15, -0.1) is 4.40 Å². The van der Waals surface area contributed by atoms with Crippen molar-refractivity contribution in [1.29, 1.82) is 0 Å². The smallest absolute Gasteiger partial charge is 0.283 e. The fraction of sp³-hybridized carbons (Fsp3) is 0.409. The van der Waals surface area contributed by atoms with E-state index in [-0.39, 0.29) is 10.8 Å². The van der Waals surface area contributed by atoms with Crippen molar-refractivity contribution in [1.82, 2.24) is 14.7 Å². The molecule has 10 heteroatoms. The summed E-state index contributed by atoms with van der Waals surface area (Å²) >= 11 is 6.39. The largest absolute Gasteiger partial charge is 0.362 e. The quantitative estimate of drug-likeness (QED) is 0.577. The second-order valence-electron chi connectivity index (χ2n) is 7.72. The van der Waals surface area contributed by atoms with E-state index in [2.05, 4.69) is 21.7 Å². The van der Waals surface area contributed by atoms with E-state index in [1.54, 1.807) is 10.8 Å². The third-order valence-corrected chi connectivity index (χ3v) is 6.93. The zero-order valence-corrected chi connectivity index (χ0v) is 20.1. The topological polar surface area (TPSA) is 96.7 Å². The molecule has 1 fully saturated rings. The van der Waals surface area contributed by atoms with Crippen molar-refractivity contribution in [3.8, 4) is 0 Å². The summed E-state index contributed by atoms with van der Waals surface area (Å²) in [5.41, 5.74) is 1.93. The summed E-state index contributed by atoms with van der Waals surface area (Å²) in [4.78, 5) is 14.3. The number of carbonyl (C=O) groups excluding carboxylic acids is 1. The molecule has 1 aliphatic rings. The van der Waals surface area contributed by atoms with Crippen LogP contribution in [0.15, 0.2) is 39.6 Å². The van der Waals surface area contributed by atoms with E-state index < -0.39 is 10.0 Å². The van der Waals surface area contributed by atoms with E-state index >= 15 is 0 Å². The van der Waals surface area contributed by atoms with Gasteiger partial charge in [0, 0.05) is 43.9 Å². The normalized spacial score (nSPS) is 15.8. The molecule has 8 nitrogen and oxygen atoms in total. The Balaban J connectivity index is 1.66. The molecule has 1 aromatic carbocycles. The predicted molar refractivity (Wildman–Crippen MR) is 127 cm³/mol. The number of aromatic nitrogens is 2. The molecule has 3 rings (SSSR count). The van der Waals surface area contributed by atoms with Gasteiger partial charge in [-0.05, 0) is 50.1 Å². The van der Waals surface area contributed by atoms with Crippen LogP contribution < -0.4 is 5.32 Å². The van der Waals surface area contributed by atoms with Crippen molar-refractivity contribution in [3.63, 3.8) is 0 Å². The third kappa shape index (κ3) is 5.77. The van der Waals surface area contributed by atoms with Gasteiger partial charge in [-0.2, -0.15) is 13.5 Å². The van der Waals surface area contributed by atoms with Crippen molar-refractivity contribution >= 4 is 45.1 Å². The summed E-state index contributed by atoms with van der Waals surface area (Å²) in [6.07, 6.45) is 6.57. The molecule has 2 heterocycles. The highest BCUT2D eigenvalue weighted by Gasteiger charge is 2.20. The van der Waals surface area contributed by atoms with Gasteiger partial charge >= 0.3 is 0 Å². The van der Waals surface area contributed by atoms with E-state index in [1.165, 1.54) is 30.3 Å². The van der Waals surface area contributed by atoms with E-state index in [1.807, 2.05) is 18.9 Å². The Morgan fingerprint density at radius 2 is 2.03 bits per heavy atom.